The van der Waals surface area contributed by atoms with Crippen LogP contribution in [0, 0.1) is 0 Å². The third-order valence-corrected chi connectivity index (χ3v) is 2.95. The molecule has 0 spiro atoms. The molecule has 1 N–H and O–H groups in total. The van der Waals surface area contributed by atoms with Crippen LogP contribution in [-0.2, 0) is 4.74 Å². The van der Waals surface area contributed by atoms with Gasteiger partial charge in [-0.05, 0) is 30.3 Å². The molecule has 0 unspecified atom stereocenters. The Bertz CT molecular complexity index is 482. The van der Waals surface area contributed by atoms with Crippen molar-refractivity contribution in [2.45, 2.75) is 0 Å². The summed E-state index contributed by atoms with van der Waals surface area (Å²) in [5.74, 6) is 0.877. The van der Waals surface area contributed by atoms with Gasteiger partial charge in [-0.2, -0.15) is 0 Å². The fourth-order valence-electron chi connectivity index (χ4n) is 1.87. The summed E-state index contributed by atoms with van der Waals surface area (Å²) in [6.07, 6.45) is 0. The van der Waals surface area contributed by atoms with E-state index in [1.165, 1.54) is 11.1 Å². The molecule has 0 aliphatic heterocycles. The Morgan fingerprint density at radius 1 is 0.800 bits per heavy atom. The minimum absolute atomic E-state index is 0.578. The Kier molecular flexibility index (Phi) is 6.08. The van der Waals surface area contributed by atoms with Crippen LogP contribution in [0.25, 0.3) is 11.1 Å². The molecule has 0 aromatic heterocycles. The Balaban J connectivity index is 1.77. The first kappa shape index (κ1) is 14.6. The molecule has 0 amide bonds. The van der Waals surface area contributed by atoms with Crippen LogP contribution in [0.15, 0.2) is 54.6 Å². The van der Waals surface area contributed by atoms with Gasteiger partial charge in [0.1, 0.15) is 12.4 Å². The molecule has 2 rings (SSSR count). The van der Waals surface area contributed by atoms with Gasteiger partial charge in [-0.1, -0.05) is 42.5 Å². The summed E-state index contributed by atoms with van der Waals surface area (Å²) in [7, 11) is 1.91. The van der Waals surface area contributed by atoms with Crippen molar-refractivity contribution in [1.82, 2.24) is 5.32 Å². The smallest absolute Gasteiger partial charge is 0.119 e. The Hall–Kier alpha value is -1.84. The molecule has 0 fully saturated rings. The number of ether oxygens (including phenoxy) is 2. The van der Waals surface area contributed by atoms with Crippen LogP contribution in [0.3, 0.4) is 0 Å². The van der Waals surface area contributed by atoms with Crippen molar-refractivity contribution in [3.8, 4) is 16.9 Å². The summed E-state index contributed by atoms with van der Waals surface area (Å²) in [6, 6.07) is 18.5. The molecule has 0 aliphatic carbocycles. The number of likely N-dealkylation sites (N-methyl/N-ethyl adjacent to an activating group) is 1. The van der Waals surface area contributed by atoms with Crippen molar-refractivity contribution in [2.75, 3.05) is 33.4 Å². The van der Waals surface area contributed by atoms with E-state index in [2.05, 4.69) is 29.6 Å². The summed E-state index contributed by atoms with van der Waals surface area (Å²) < 4.78 is 11.0. The minimum Gasteiger partial charge on any atom is -0.491 e. The highest BCUT2D eigenvalue weighted by atomic mass is 16.5. The molecule has 106 valence electrons. The zero-order chi connectivity index (χ0) is 14.0. The standard InChI is InChI=1S/C17H21NO2/c1-18-11-12-19-13-14-20-17-9-7-16(8-10-17)15-5-3-2-4-6-15/h2-10,18H,11-14H2,1H3. The predicted octanol–water partition coefficient (Wildman–Crippen LogP) is 2.97. The van der Waals surface area contributed by atoms with E-state index >= 15 is 0 Å². The van der Waals surface area contributed by atoms with Gasteiger partial charge in [-0.3, -0.25) is 0 Å². The predicted molar refractivity (Wildman–Crippen MR) is 82.1 cm³/mol. The summed E-state index contributed by atoms with van der Waals surface area (Å²) in [5.41, 5.74) is 2.41. The zero-order valence-electron chi connectivity index (χ0n) is 11.8. The summed E-state index contributed by atoms with van der Waals surface area (Å²) in [4.78, 5) is 0. The summed E-state index contributed by atoms with van der Waals surface area (Å²) >= 11 is 0. The molecule has 3 heteroatoms. The molecular formula is C17H21NO2. The van der Waals surface area contributed by atoms with Crippen LogP contribution in [0.1, 0.15) is 0 Å². The topological polar surface area (TPSA) is 30.5 Å². The van der Waals surface area contributed by atoms with Crippen LogP contribution in [0.2, 0.25) is 0 Å². The normalized spacial score (nSPS) is 10.4. The van der Waals surface area contributed by atoms with Crippen molar-refractivity contribution in [3.05, 3.63) is 54.6 Å². The molecule has 0 radical (unpaired) electrons. The van der Waals surface area contributed by atoms with Crippen molar-refractivity contribution >= 4 is 0 Å². The first-order chi connectivity index (χ1) is 9.90. The van der Waals surface area contributed by atoms with Gasteiger partial charge in [-0.15, -0.1) is 0 Å². The average Bonchev–Trinajstić information content (AvgIpc) is 2.52. The summed E-state index contributed by atoms with van der Waals surface area (Å²) in [6.45, 7) is 2.77. The van der Waals surface area contributed by atoms with Gasteiger partial charge >= 0.3 is 0 Å². The molecule has 0 aliphatic rings. The van der Waals surface area contributed by atoms with Gasteiger partial charge in [0.2, 0.25) is 0 Å². The van der Waals surface area contributed by atoms with E-state index in [0.29, 0.717) is 19.8 Å². The van der Waals surface area contributed by atoms with Crippen molar-refractivity contribution in [1.29, 1.82) is 0 Å². The van der Waals surface area contributed by atoms with E-state index in [1.807, 2.05) is 37.4 Å². The maximum atomic E-state index is 5.63. The lowest BCUT2D eigenvalue weighted by Gasteiger charge is -2.08. The molecule has 0 atom stereocenters. The maximum Gasteiger partial charge on any atom is 0.119 e. The van der Waals surface area contributed by atoms with E-state index in [1.54, 1.807) is 0 Å². The Morgan fingerprint density at radius 3 is 2.20 bits per heavy atom. The van der Waals surface area contributed by atoms with Gasteiger partial charge in [0, 0.05) is 6.54 Å². The fraction of sp³-hybridized carbons (Fsp3) is 0.294. The van der Waals surface area contributed by atoms with E-state index in [-0.39, 0.29) is 0 Å². The SMILES string of the molecule is CNCCOCCOc1ccc(-c2ccccc2)cc1. The monoisotopic (exact) mass is 271 g/mol. The first-order valence-electron chi connectivity index (χ1n) is 6.91. The largest absolute Gasteiger partial charge is 0.491 e. The van der Waals surface area contributed by atoms with Crippen molar-refractivity contribution in [3.63, 3.8) is 0 Å². The molecule has 0 bridgehead atoms. The zero-order valence-corrected chi connectivity index (χ0v) is 11.8. The quantitative estimate of drug-likeness (QED) is 0.749. The van der Waals surface area contributed by atoms with Gasteiger partial charge < -0.3 is 14.8 Å². The van der Waals surface area contributed by atoms with Crippen LogP contribution in [0.4, 0.5) is 0 Å². The van der Waals surface area contributed by atoms with Gasteiger partial charge in [0.15, 0.2) is 0 Å². The molecule has 2 aromatic carbocycles. The van der Waals surface area contributed by atoms with Crippen LogP contribution < -0.4 is 10.1 Å². The van der Waals surface area contributed by atoms with Crippen LogP contribution in [-0.4, -0.2) is 33.4 Å². The molecule has 2 aromatic rings. The number of benzene rings is 2. The fourth-order valence-corrected chi connectivity index (χ4v) is 1.87. The first-order valence-corrected chi connectivity index (χ1v) is 6.91. The third kappa shape index (κ3) is 4.68. The Labute approximate surface area is 120 Å². The average molecular weight is 271 g/mol. The molecular weight excluding hydrogens is 250 g/mol. The molecule has 0 saturated heterocycles. The highest BCUT2D eigenvalue weighted by molar-refractivity contribution is 5.63. The summed E-state index contributed by atoms with van der Waals surface area (Å²) in [5, 5.41) is 3.03. The highest BCUT2D eigenvalue weighted by Gasteiger charge is 1.98. The molecule has 0 heterocycles. The maximum absolute atomic E-state index is 5.63. The van der Waals surface area contributed by atoms with Crippen LogP contribution in [0.5, 0.6) is 5.75 Å². The Morgan fingerprint density at radius 2 is 1.50 bits per heavy atom. The molecule has 3 nitrogen and oxygen atoms in total. The van der Waals surface area contributed by atoms with Gasteiger partial charge in [0.05, 0.1) is 13.2 Å². The lowest BCUT2D eigenvalue weighted by atomic mass is 10.1. The number of hydrogen-bond donors (Lipinski definition) is 1. The second-order valence-electron chi connectivity index (χ2n) is 4.45. The number of nitrogens with one attached hydrogen (secondary N) is 1. The number of rotatable bonds is 8. The lowest BCUT2D eigenvalue weighted by molar-refractivity contribution is 0.103. The second-order valence-corrected chi connectivity index (χ2v) is 4.45. The van der Waals surface area contributed by atoms with Gasteiger partial charge in [0.25, 0.3) is 0 Å². The van der Waals surface area contributed by atoms with E-state index in [0.717, 1.165) is 12.3 Å². The third-order valence-electron chi connectivity index (χ3n) is 2.95. The van der Waals surface area contributed by atoms with E-state index in [4.69, 9.17) is 9.47 Å². The molecule has 20 heavy (non-hydrogen) atoms. The van der Waals surface area contributed by atoms with Crippen molar-refractivity contribution in [2.24, 2.45) is 0 Å². The molecule has 0 saturated carbocycles. The lowest BCUT2D eigenvalue weighted by Crippen LogP contribution is -2.16. The van der Waals surface area contributed by atoms with Crippen molar-refractivity contribution < 1.29 is 9.47 Å². The van der Waals surface area contributed by atoms with E-state index < -0.39 is 0 Å². The number of hydrogen-bond acceptors (Lipinski definition) is 3. The van der Waals surface area contributed by atoms with Crippen LogP contribution >= 0.6 is 0 Å². The van der Waals surface area contributed by atoms with E-state index in [9.17, 15) is 0 Å². The highest BCUT2D eigenvalue weighted by Crippen LogP contribution is 2.21. The second kappa shape index (κ2) is 8.35. The minimum atomic E-state index is 0.578. The van der Waals surface area contributed by atoms with Gasteiger partial charge in [-0.25, -0.2) is 0 Å².